The molecule has 0 amide bonds. The number of nitrogens with zero attached hydrogens (tertiary/aromatic N) is 1. The van der Waals surface area contributed by atoms with Gasteiger partial charge < -0.3 is 10.8 Å². The third-order valence-electron chi connectivity index (χ3n) is 3.25. The number of hydrogen-bond donors (Lipinski definition) is 2. The normalized spacial score (nSPS) is 30.9. The maximum Gasteiger partial charge on any atom is 0.0901 e. The van der Waals surface area contributed by atoms with Crippen molar-refractivity contribution < 1.29 is 5.11 Å². The fraction of sp³-hybridized carbons (Fsp3) is 0.909. The van der Waals surface area contributed by atoms with Gasteiger partial charge in [-0.05, 0) is 39.2 Å². The first-order valence-corrected chi connectivity index (χ1v) is 6.13. The van der Waals surface area contributed by atoms with E-state index in [1.165, 1.54) is 0 Å². The van der Waals surface area contributed by atoms with Crippen molar-refractivity contribution in [1.82, 2.24) is 4.90 Å². The minimum absolute atomic E-state index is 0.203. The van der Waals surface area contributed by atoms with Gasteiger partial charge in [0.25, 0.3) is 0 Å². The lowest BCUT2D eigenvalue weighted by atomic mass is 9.98. The summed E-state index contributed by atoms with van der Waals surface area (Å²) in [6.45, 7) is 5.90. The fourth-order valence-electron chi connectivity index (χ4n) is 2.24. The largest absolute Gasteiger partial charge is 0.392 e. The van der Waals surface area contributed by atoms with Crippen molar-refractivity contribution in [2.45, 2.75) is 51.2 Å². The summed E-state index contributed by atoms with van der Waals surface area (Å²) in [5.41, 5.74) is 5.21. The van der Waals surface area contributed by atoms with Crippen LogP contribution in [0.4, 0.5) is 0 Å². The van der Waals surface area contributed by atoms with E-state index in [1.807, 2.05) is 6.92 Å². The van der Waals surface area contributed by atoms with Crippen molar-refractivity contribution in [1.29, 1.82) is 0 Å². The first kappa shape index (κ1) is 12.9. The van der Waals surface area contributed by atoms with E-state index in [9.17, 15) is 5.11 Å². The van der Waals surface area contributed by atoms with Crippen LogP contribution >= 0.6 is 12.2 Å². The van der Waals surface area contributed by atoms with E-state index in [0.717, 1.165) is 38.8 Å². The number of likely N-dealkylation sites (tertiary alicyclic amines) is 1. The molecule has 2 unspecified atom stereocenters. The molecule has 1 rings (SSSR count). The third kappa shape index (κ3) is 3.70. The Morgan fingerprint density at radius 1 is 1.53 bits per heavy atom. The van der Waals surface area contributed by atoms with Crippen LogP contribution in [-0.2, 0) is 0 Å². The van der Waals surface area contributed by atoms with Crippen molar-refractivity contribution in [3.8, 4) is 0 Å². The zero-order valence-corrected chi connectivity index (χ0v) is 10.5. The number of hydrogen-bond acceptors (Lipinski definition) is 3. The topological polar surface area (TPSA) is 49.5 Å². The van der Waals surface area contributed by atoms with Crippen LogP contribution in [0.5, 0.6) is 0 Å². The van der Waals surface area contributed by atoms with E-state index in [0.29, 0.717) is 4.99 Å². The van der Waals surface area contributed by atoms with Gasteiger partial charge in [0, 0.05) is 6.54 Å². The second kappa shape index (κ2) is 5.23. The Labute approximate surface area is 97.6 Å². The molecule has 2 atom stereocenters. The van der Waals surface area contributed by atoms with Gasteiger partial charge in [0.2, 0.25) is 0 Å². The van der Waals surface area contributed by atoms with Crippen LogP contribution in [0.2, 0.25) is 0 Å². The molecule has 1 saturated heterocycles. The summed E-state index contributed by atoms with van der Waals surface area (Å²) >= 11 is 5.07. The Morgan fingerprint density at radius 3 is 2.73 bits per heavy atom. The third-order valence-corrected chi connectivity index (χ3v) is 3.53. The van der Waals surface area contributed by atoms with E-state index in [4.69, 9.17) is 18.0 Å². The summed E-state index contributed by atoms with van der Waals surface area (Å²) < 4.78 is 0. The highest BCUT2D eigenvalue weighted by Gasteiger charge is 2.28. The Kier molecular flexibility index (Phi) is 4.49. The van der Waals surface area contributed by atoms with Gasteiger partial charge >= 0.3 is 0 Å². The molecule has 1 aliphatic heterocycles. The van der Waals surface area contributed by atoms with Crippen molar-refractivity contribution in [3.63, 3.8) is 0 Å². The first-order valence-electron chi connectivity index (χ1n) is 5.72. The van der Waals surface area contributed by atoms with E-state index in [2.05, 4.69) is 11.8 Å². The summed E-state index contributed by atoms with van der Waals surface area (Å²) in [6, 6.07) is 0.203. The molecule has 88 valence electrons. The lowest BCUT2D eigenvalue weighted by Crippen LogP contribution is -2.44. The predicted octanol–water partition coefficient (Wildman–Crippen LogP) is 1.29. The summed E-state index contributed by atoms with van der Waals surface area (Å²) in [7, 11) is 0. The Bertz CT molecular complexity index is 231. The van der Waals surface area contributed by atoms with Gasteiger partial charge in [0.15, 0.2) is 0 Å². The summed E-state index contributed by atoms with van der Waals surface area (Å²) in [4.78, 5) is 2.89. The van der Waals surface area contributed by atoms with Gasteiger partial charge in [-0.3, -0.25) is 4.90 Å². The smallest absolute Gasteiger partial charge is 0.0901 e. The Morgan fingerprint density at radius 2 is 2.20 bits per heavy atom. The number of thiocarbonyl (C=S) groups is 1. The monoisotopic (exact) mass is 230 g/mol. The lowest BCUT2D eigenvalue weighted by Gasteiger charge is -2.29. The summed E-state index contributed by atoms with van der Waals surface area (Å²) in [6.07, 6.45) is 3.66. The van der Waals surface area contributed by atoms with Crippen LogP contribution in [0.3, 0.4) is 0 Å². The molecule has 3 nitrogen and oxygen atoms in total. The van der Waals surface area contributed by atoms with Crippen LogP contribution < -0.4 is 5.73 Å². The highest BCUT2D eigenvalue weighted by Crippen LogP contribution is 2.23. The molecular formula is C11H22N2OS. The Balaban J connectivity index is 2.60. The molecule has 0 aromatic rings. The van der Waals surface area contributed by atoms with E-state index < -0.39 is 5.60 Å². The molecule has 0 bridgehead atoms. The van der Waals surface area contributed by atoms with Crippen LogP contribution in [0.15, 0.2) is 0 Å². The van der Waals surface area contributed by atoms with Crippen LogP contribution in [0, 0.1) is 0 Å². The molecule has 1 aliphatic rings. The van der Waals surface area contributed by atoms with Gasteiger partial charge in [-0.25, -0.2) is 0 Å². The molecule has 15 heavy (non-hydrogen) atoms. The van der Waals surface area contributed by atoms with Gasteiger partial charge in [-0.2, -0.15) is 0 Å². The first-order chi connectivity index (χ1) is 6.96. The second-order valence-electron chi connectivity index (χ2n) is 4.71. The summed E-state index contributed by atoms with van der Waals surface area (Å²) in [5.74, 6) is 0. The molecule has 0 spiro atoms. The van der Waals surface area contributed by atoms with Crippen LogP contribution in [0.1, 0.15) is 39.5 Å². The van der Waals surface area contributed by atoms with Crippen molar-refractivity contribution in [2.75, 3.05) is 13.1 Å². The number of rotatable bonds is 3. The maximum absolute atomic E-state index is 9.97. The molecule has 0 aliphatic carbocycles. The molecule has 4 heteroatoms. The Hall–Kier alpha value is -0.190. The minimum Gasteiger partial charge on any atom is -0.392 e. The van der Waals surface area contributed by atoms with E-state index in [1.54, 1.807) is 0 Å². The molecule has 1 fully saturated rings. The van der Waals surface area contributed by atoms with Crippen LogP contribution in [-0.4, -0.2) is 39.7 Å². The van der Waals surface area contributed by atoms with Gasteiger partial charge in [0.1, 0.15) is 0 Å². The molecule has 0 aromatic carbocycles. The number of aliphatic hydroxyl groups is 1. The lowest BCUT2D eigenvalue weighted by molar-refractivity contribution is 0.0440. The van der Waals surface area contributed by atoms with Gasteiger partial charge in [0.05, 0.1) is 16.6 Å². The molecule has 0 saturated carbocycles. The van der Waals surface area contributed by atoms with E-state index in [-0.39, 0.29) is 6.04 Å². The maximum atomic E-state index is 9.97. The molecule has 1 heterocycles. The minimum atomic E-state index is -0.511. The SMILES string of the molecule is CCC(C(N)=S)N1CCCC(C)(O)CC1. The molecule has 3 N–H and O–H groups in total. The molecule has 0 aromatic heterocycles. The fourth-order valence-corrected chi connectivity index (χ4v) is 2.55. The quantitative estimate of drug-likeness (QED) is 0.717. The molecular weight excluding hydrogens is 208 g/mol. The second-order valence-corrected chi connectivity index (χ2v) is 5.18. The average Bonchev–Trinajstić information content (AvgIpc) is 2.28. The highest BCUT2D eigenvalue weighted by molar-refractivity contribution is 7.80. The van der Waals surface area contributed by atoms with Crippen molar-refractivity contribution in [2.24, 2.45) is 5.73 Å². The molecule has 0 radical (unpaired) electrons. The van der Waals surface area contributed by atoms with E-state index >= 15 is 0 Å². The highest BCUT2D eigenvalue weighted by atomic mass is 32.1. The van der Waals surface area contributed by atoms with Crippen molar-refractivity contribution in [3.05, 3.63) is 0 Å². The van der Waals surface area contributed by atoms with Gasteiger partial charge in [-0.15, -0.1) is 0 Å². The zero-order valence-electron chi connectivity index (χ0n) is 9.70. The average molecular weight is 230 g/mol. The predicted molar refractivity (Wildman–Crippen MR) is 66.9 cm³/mol. The van der Waals surface area contributed by atoms with Gasteiger partial charge in [-0.1, -0.05) is 19.1 Å². The zero-order chi connectivity index (χ0) is 11.5. The van der Waals surface area contributed by atoms with Crippen molar-refractivity contribution >= 4 is 17.2 Å². The summed E-state index contributed by atoms with van der Waals surface area (Å²) in [5, 5.41) is 9.97. The standard InChI is InChI=1S/C11H22N2OS/c1-3-9(10(12)15)13-7-4-5-11(2,14)6-8-13/h9,14H,3-8H2,1-2H3,(H2,12,15). The number of nitrogens with two attached hydrogens (primary N) is 1. The van der Waals surface area contributed by atoms with Crippen LogP contribution in [0.25, 0.3) is 0 Å².